The van der Waals surface area contributed by atoms with Crippen molar-refractivity contribution in [3.8, 4) is 17.2 Å². The van der Waals surface area contributed by atoms with E-state index >= 15 is 13.2 Å². The Balaban J connectivity index is 1.30. The van der Waals surface area contributed by atoms with E-state index in [1.54, 1.807) is 16.7 Å². The number of piperidine rings is 1. The Bertz CT molecular complexity index is 1890. The van der Waals surface area contributed by atoms with Gasteiger partial charge in [-0.05, 0) is 73.6 Å². The molecule has 0 radical (unpaired) electrons. The summed E-state index contributed by atoms with van der Waals surface area (Å²) in [5.41, 5.74) is -0.634. The zero-order chi connectivity index (χ0) is 35.8. The standard InChI is InChI=1S/C37H38F3N3O7/c1-36(37(38,39)40,30-21-41(20-23-7-5-4-6-8-23)31-19-27(43(46)47)12-13-29(30)31)22-42-25-10-11-26(42)18-28(17-25)50-35-32(48-2)15-24(9-14-34(44)45)16-33(35)49-3/h4-9,12-16,19,21,25-26,28H,10-11,17-18,20,22H2,1-3H3,(H,44,45)/b14-9+/t25-,26+,28?,36?. The van der Waals surface area contributed by atoms with Crippen LogP contribution in [-0.4, -0.2) is 70.6 Å². The molecule has 0 aliphatic carbocycles. The summed E-state index contributed by atoms with van der Waals surface area (Å²) in [5.74, 6) is -0.0586. The van der Waals surface area contributed by atoms with Crippen LogP contribution in [0.5, 0.6) is 17.2 Å². The number of methoxy groups -OCH3 is 2. The van der Waals surface area contributed by atoms with Gasteiger partial charge in [0.25, 0.3) is 5.69 Å². The second-order valence-electron chi connectivity index (χ2n) is 13.1. The van der Waals surface area contributed by atoms with Crippen molar-refractivity contribution in [2.24, 2.45) is 0 Å². The van der Waals surface area contributed by atoms with Gasteiger partial charge >= 0.3 is 12.1 Å². The number of fused-ring (bicyclic) bond motifs is 3. The van der Waals surface area contributed by atoms with Gasteiger partial charge in [0.15, 0.2) is 11.5 Å². The highest BCUT2D eigenvalue weighted by molar-refractivity contribution is 5.87. The van der Waals surface area contributed by atoms with Gasteiger partial charge in [-0.1, -0.05) is 30.3 Å². The highest BCUT2D eigenvalue weighted by atomic mass is 19.4. The van der Waals surface area contributed by atoms with Gasteiger partial charge in [0.2, 0.25) is 5.75 Å². The van der Waals surface area contributed by atoms with Gasteiger partial charge in [-0.15, -0.1) is 0 Å². The molecule has 2 aliphatic heterocycles. The van der Waals surface area contributed by atoms with Gasteiger partial charge in [-0.3, -0.25) is 15.0 Å². The monoisotopic (exact) mass is 693 g/mol. The molecule has 13 heteroatoms. The first kappa shape index (κ1) is 34.8. The number of carboxylic acids is 1. The van der Waals surface area contributed by atoms with Gasteiger partial charge in [-0.2, -0.15) is 13.2 Å². The van der Waals surface area contributed by atoms with Crippen LogP contribution >= 0.6 is 0 Å². The fraction of sp³-hybridized carbons (Fsp3) is 0.378. The van der Waals surface area contributed by atoms with Gasteiger partial charge in [-0.25, -0.2) is 4.79 Å². The number of nitrogens with zero attached hydrogens (tertiary/aromatic N) is 3. The van der Waals surface area contributed by atoms with Crippen LogP contribution in [0.1, 0.15) is 49.3 Å². The third-order valence-electron chi connectivity index (χ3n) is 10.0. The number of nitro groups is 1. The summed E-state index contributed by atoms with van der Waals surface area (Å²) in [6, 6.07) is 16.2. The lowest BCUT2D eigenvalue weighted by molar-refractivity contribution is -0.384. The molecule has 2 fully saturated rings. The Kier molecular flexibility index (Phi) is 9.54. The Labute approximate surface area is 286 Å². The number of hydrogen-bond donors (Lipinski definition) is 1. The fourth-order valence-electron chi connectivity index (χ4n) is 7.46. The van der Waals surface area contributed by atoms with Crippen molar-refractivity contribution in [1.29, 1.82) is 0 Å². The zero-order valence-corrected chi connectivity index (χ0v) is 27.9. The van der Waals surface area contributed by atoms with E-state index in [4.69, 9.17) is 19.3 Å². The van der Waals surface area contributed by atoms with E-state index in [1.807, 2.05) is 35.2 Å². The van der Waals surface area contributed by atoms with Gasteiger partial charge in [0, 0.05) is 55.0 Å². The Morgan fingerprint density at radius 1 is 1.02 bits per heavy atom. The molecule has 1 aromatic heterocycles. The molecule has 2 saturated heterocycles. The molecule has 3 aromatic carbocycles. The molecule has 4 aromatic rings. The molecule has 2 unspecified atom stereocenters. The molecule has 50 heavy (non-hydrogen) atoms. The van der Waals surface area contributed by atoms with Gasteiger partial charge in [0.05, 0.1) is 24.7 Å². The third-order valence-corrected chi connectivity index (χ3v) is 10.0. The number of nitro benzene ring substituents is 1. The number of carbonyl (C=O) groups is 1. The molecule has 1 N–H and O–H groups in total. The van der Waals surface area contributed by atoms with E-state index in [2.05, 4.69) is 0 Å². The molecule has 10 nitrogen and oxygen atoms in total. The first-order valence-electron chi connectivity index (χ1n) is 16.3. The van der Waals surface area contributed by atoms with Crippen molar-refractivity contribution >= 4 is 28.6 Å². The predicted octanol–water partition coefficient (Wildman–Crippen LogP) is 7.61. The minimum absolute atomic E-state index is 0.0788. The maximum absolute atomic E-state index is 15.4. The summed E-state index contributed by atoms with van der Waals surface area (Å²) in [5, 5.41) is 21.0. The second-order valence-corrected chi connectivity index (χ2v) is 13.1. The van der Waals surface area contributed by atoms with Crippen molar-refractivity contribution in [2.45, 2.75) is 68.9 Å². The van der Waals surface area contributed by atoms with Crippen LogP contribution < -0.4 is 14.2 Å². The number of aromatic nitrogens is 1. The Hall–Kier alpha value is -5.04. The van der Waals surface area contributed by atoms with Crippen LogP contribution in [-0.2, 0) is 16.8 Å². The highest BCUT2D eigenvalue weighted by Crippen LogP contribution is 2.49. The minimum Gasteiger partial charge on any atom is -0.493 e. The number of alkyl halides is 3. The average Bonchev–Trinajstić information content (AvgIpc) is 3.55. The lowest BCUT2D eigenvalue weighted by atomic mass is 9.79. The van der Waals surface area contributed by atoms with Crippen LogP contribution in [0.3, 0.4) is 0 Å². The summed E-state index contributed by atoms with van der Waals surface area (Å²) < 4.78 is 65.5. The Morgan fingerprint density at radius 2 is 1.66 bits per heavy atom. The molecule has 4 atom stereocenters. The van der Waals surface area contributed by atoms with Crippen molar-refractivity contribution in [2.75, 3.05) is 20.8 Å². The quantitative estimate of drug-likeness (QED) is 0.0916. The number of rotatable bonds is 12. The molecule has 3 heterocycles. The van der Waals surface area contributed by atoms with E-state index < -0.39 is 22.5 Å². The molecule has 264 valence electrons. The maximum Gasteiger partial charge on any atom is 0.399 e. The number of halogens is 3. The van der Waals surface area contributed by atoms with Crippen LogP contribution in [0.15, 0.2) is 72.9 Å². The molecule has 0 spiro atoms. The lowest BCUT2D eigenvalue weighted by Gasteiger charge is -2.44. The molecule has 2 bridgehead atoms. The average molecular weight is 694 g/mol. The topological polar surface area (TPSA) is 116 Å². The smallest absolute Gasteiger partial charge is 0.399 e. The van der Waals surface area contributed by atoms with Gasteiger partial charge in [0.1, 0.15) is 11.5 Å². The molecule has 6 rings (SSSR count). The number of carboxylic acid groups (broad SMARTS) is 1. The number of aliphatic carboxylic acids is 1. The van der Waals surface area contributed by atoms with Crippen molar-refractivity contribution in [3.63, 3.8) is 0 Å². The first-order valence-corrected chi connectivity index (χ1v) is 16.3. The minimum atomic E-state index is -4.63. The largest absolute Gasteiger partial charge is 0.493 e. The summed E-state index contributed by atoms with van der Waals surface area (Å²) in [6.45, 7) is 1.20. The predicted molar refractivity (Wildman–Crippen MR) is 181 cm³/mol. The normalized spacial score (nSPS) is 20.6. The number of ether oxygens (including phenoxy) is 3. The number of benzene rings is 3. The van der Waals surface area contributed by atoms with Crippen molar-refractivity contribution in [1.82, 2.24) is 9.47 Å². The van der Waals surface area contributed by atoms with Crippen molar-refractivity contribution in [3.05, 3.63) is 99.7 Å². The maximum atomic E-state index is 15.4. The molecule has 0 saturated carbocycles. The van der Waals surface area contributed by atoms with E-state index in [9.17, 15) is 14.9 Å². The molecule has 0 amide bonds. The summed E-state index contributed by atoms with van der Waals surface area (Å²) >= 11 is 0. The SMILES string of the molecule is COc1cc(/C=C/C(=O)O)cc(OC)c1OC1C[C@H]2CC[C@@H](C1)N2CC(C)(c1cn(Cc2ccccc2)c2cc([N+](=O)[O-])ccc12)C(F)(F)F. The molecular weight excluding hydrogens is 655 g/mol. The highest BCUT2D eigenvalue weighted by Gasteiger charge is 2.57. The van der Waals surface area contributed by atoms with E-state index in [1.165, 1.54) is 51.6 Å². The number of hydrogen-bond acceptors (Lipinski definition) is 7. The molecular formula is C37H38F3N3O7. The van der Waals surface area contributed by atoms with E-state index in [0.717, 1.165) is 11.6 Å². The summed E-state index contributed by atoms with van der Waals surface area (Å²) in [6.07, 6.45) is 1.37. The fourth-order valence-corrected chi connectivity index (χ4v) is 7.46. The van der Waals surface area contributed by atoms with E-state index in [-0.39, 0.29) is 42.5 Å². The van der Waals surface area contributed by atoms with Gasteiger partial charge < -0.3 is 23.9 Å². The summed E-state index contributed by atoms with van der Waals surface area (Å²) in [7, 11) is 2.93. The van der Waals surface area contributed by atoms with Crippen LogP contribution in [0.2, 0.25) is 0 Å². The van der Waals surface area contributed by atoms with Crippen LogP contribution in [0.25, 0.3) is 17.0 Å². The van der Waals surface area contributed by atoms with Crippen molar-refractivity contribution < 1.29 is 42.2 Å². The Morgan fingerprint density at radius 3 is 2.22 bits per heavy atom. The van der Waals surface area contributed by atoms with E-state index in [0.29, 0.717) is 59.4 Å². The second kappa shape index (κ2) is 13.7. The molecule has 2 aliphatic rings. The summed E-state index contributed by atoms with van der Waals surface area (Å²) in [4.78, 5) is 24.1. The zero-order valence-electron chi connectivity index (χ0n) is 27.9. The lowest BCUT2D eigenvalue weighted by Crippen LogP contribution is -2.55. The van der Waals surface area contributed by atoms with Crippen LogP contribution in [0.4, 0.5) is 18.9 Å². The first-order chi connectivity index (χ1) is 23.8. The number of non-ortho nitro benzene ring substituents is 1. The van der Waals surface area contributed by atoms with Crippen LogP contribution in [0, 0.1) is 10.1 Å². The third kappa shape index (κ3) is 6.74.